The normalized spacial score (nSPS) is 10.6. The van der Waals surface area contributed by atoms with E-state index in [0.717, 1.165) is 0 Å². The van der Waals surface area contributed by atoms with E-state index in [2.05, 4.69) is 20.8 Å². The summed E-state index contributed by atoms with van der Waals surface area (Å²) >= 11 is 13.1. The van der Waals surface area contributed by atoms with Gasteiger partial charge in [0.05, 0.1) is 17.2 Å². The summed E-state index contributed by atoms with van der Waals surface area (Å²) in [4.78, 5) is 35.0. The first-order chi connectivity index (χ1) is 15.8. The molecule has 0 aliphatic heterocycles. The number of aromatic nitrogens is 3. The Balaban J connectivity index is 1.59. The molecule has 0 unspecified atom stereocenters. The number of nitrogens with one attached hydrogen (secondary N) is 2. The molecule has 2 N–H and O–H groups in total. The lowest BCUT2D eigenvalue weighted by Gasteiger charge is -2.09. The van der Waals surface area contributed by atoms with E-state index in [1.165, 1.54) is 36.0 Å². The molecule has 0 atom stereocenters. The van der Waals surface area contributed by atoms with Crippen molar-refractivity contribution in [2.45, 2.75) is 25.2 Å². The smallest absolute Gasteiger partial charge is 0.270 e. The Morgan fingerprint density at radius 1 is 1.15 bits per heavy atom. The van der Waals surface area contributed by atoms with Crippen molar-refractivity contribution >= 4 is 58.2 Å². The van der Waals surface area contributed by atoms with Gasteiger partial charge in [-0.3, -0.25) is 19.7 Å². The maximum absolute atomic E-state index is 12.4. The molecule has 0 fully saturated rings. The summed E-state index contributed by atoms with van der Waals surface area (Å²) < 4.78 is 1.77. The summed E-state index contributed by atoms with van der Waals surface area (Å²) in [5.41, 5.74) is 0.482. The number of amides is 2. The van der Waals surface area contributed by atoms with Crippen LogP contribution >= 0.6 is 35.0 Å². The molecule has 2 aromatic carbocycles. The summed E-state index contributed by atoms with van der Waals surface area (Å²) in [7, 11) is 0. The van der Waals surface area contributed by atoms with Gasteiger partial charge in [-0.05, 0) is 31.2 Å². The molecule has 13 heteroatoms. The minimum absolute atomic E-state index is 0.0656. The van der Waals surface area contributed by atoms with Gasteiger partial charge in [0, 0.05) is 40.0 Å². The molecule has 10 nitrogen and oxygen atoms in total. The Bertz CT molecular complexity index is 1180. The average Bonchev–Trinajstić information content (AvgIpc) is 3.17. The third-order valence-corrected chi connectivity index (χ3v) is 5.72. The van der Waals surface area contributed by atoms with Crippen LogP contribution in [0.25, 0.3) is 0 Å². The van der Waals surface area contributed by atoms with Gasteiger partial charge in [-0.15, -0.1) is 10.2 Å². The second kappa shape index (κ2) is 11.1. The Hall–Kier alpha value is -3.15. The Morgan fingerprint density at radius 2 is 1.88 bits per heavy atom. The minimum Gasteiger partial charge on any atom is -0.345 e. The van der Waals surface area contributed by atoms with Crippen LogP contribution in [0.5, 0.6) is 0 Å². The van der Waals surface area contributed by atoms with Gasteiger partial charge >= 0.3 is 0 Å². The molecular weight excluding hydrogens is 491 g/mol. The van der Waals surface area contributed by atoms with Crippen LogP contribution in [0, 0.1) is 10.1 Å². The van der Waals surface area contributed by atoms with E-state index in [0.29, 0.717) is 33.3 Å². The zero-order valence-electron chi connectivity index (χ0n) is 17.2. The number of rotatable bonds is 9. The number of halogens is 2. The van der Waals surface area contributed by atoms with Crippen molar-refractivity contribution in [1.29, 1.82) is 0 Å². The zero-order chi connectivity index (χ0) is 24.0. The van der Waals surface area contributed by atoms with Crippen molar-refractivity contribution in [1.82, 2.24) is 20.1 Å². The molecule has 3 aromatic rings. The standard InChI is InChI=1S/C20H18Cl2N6O4S/c1-2-27-17(10-23-19(30)12-4-3-5-16(6-12)28(31)32)25-26-20(27)33-11-18(29)24-15-8-13(21)7-14(22)9-15/h3-9H,2,10-11H2,1H3,(H,23,30)(H,24,29). The van der Waals surface area contributed by atoms with E-state index in [9.17, 15) is 19.7 Å². The molecule has 172 valence electrons. The van der Waals surface area contributed by atoms with Gasteiger partial charge in [0.25, 0.3) is 11.6 Å². The number of benzene rings is 2. The van der Waals surface area contributed by atoms with Crippen LogP contribution in [0.3, 0.4) is 0 Å². The number of hydrogen-bond acceptors (Lipinski definition) is 7. The van der Waals surface area contributed by atoms with E-state index >= 15 is 0 Å². The quantitative estimate of drug-likeness (QED) is 0.251. The Morgan fingerprint density at radius 3 is 2.55 bits per heavy atom. The Kier molecular flexibility index (Phi) is 8.26. The molecule has 0 saturated heterocycles. The Labute approximate surface area is 202 Å². The lowest BCUT2D eigenvalue weighted by Crippen LogP contribution is -2.25. The van der Waals surface area contributed by atoms with Gasteiger partial charge in [-0.25, -0.2) is 0 Å². The molecule has 0 aliphatic rings. The highest BCUT2D eigenvalue weighted by molar-refractivity contribution is 7.99. The first kappa shape index (κ1) is 24.5. The zero-order valence-corrected chi connectivity index (χ0v) is 19.6. The van der Waals surface area contributed by atoms with Crippen molar-refractivity contribution in [3.63, 3.8) is 0 Å². The summed E-state index contributed by atoms with van der Waals surface area (Å²) in [5.74, 6) is -0.189. The number of carbonyl (C=O) groups is 2. The maximum Gasteiger partial charge on any atom is 0.270 e. The van der Waals surface area contributed by atoms with E-state index in [1.54, 1.807) is 22.8 Å². The highest BCUT2D eigenvalue weighted by Gasteiger charge is 2.16. The first-order valence-corrected chi connectivity index (χ1v) is 11.3. The fourth-order valence-corrected chi connectivity index (χ4v) is 4.20. The number of anilines is 1. The van der Waals surface area contributed by atoms with Crippen LogP contribution in [-0.4, -0.2) is 37.3 Å². The van der Waals surface area contributed by atoms with Gasteiger partial charge in [0.2, 0.25) is 5.91 Å². The molecular formula is C20H18Cl2N6O4S. The fraction of sp³-hybridized carbons (Fsp3) is 0.200. The second-order valence-corrected chi connectivity index (χ2v) is 8.44. The van der Waals surface area contributed by atoms with Crippen molar-refractivity contribution < 1.29 is 14.5 Å². The molecule has 1 aromatic heterocycles. The highest BCUT2D eigenvalue weighted by Crippen LogP contribution is 2.23. The third-order valence-electron chi connectivity index (χ3n) is 4.31. The minimum atomic E-state index is -0.564. The summed E-state index contributed by atoms with van der Waals surface area (Å²) in [6.07, 6.45) is 0. The molecule has 0 saturated carbocycles. The molecule has 1 heterocycles. The van der Waals surface area contributed by atoms with Gasteiger partial charge in [-0.1, -0.05) is 41.0 Å². The summed E-state index contributed by atoms with van der Waals surface area (Å²) in [6.45, 7) is 2.46. The number of thioether (sulfide) groups is 1. The monoisotopic (exact) mass is 508 g/mol. The van der Waals surface area contributed by atoms with Crippen LogP contribution < -0.4 is 10.6 Å². The van der Waals surface area contributed by atoms with Crippen LogP contribution in [0.1, 0.15) is 23.1 Å². The summed E-state index contributed by atoms with van der Waals surface area (Å²) in [5, 5.41) is 25.8. The predicted octanol–water partition coefficient (Wildman–Crippen LogP) is 4.17. The number of hydrogen-bond donors (Lipinski definition) is 2. The SMILES string of the molecule is CCn1c(CNC(=O)c2cccc([N+](=O)[O-])c2)nnc1SCC(=O)Nc1cc(Cl)cc(Cl)c1. The average molecular weight is 509 g/mol. The van der Waals surface area contributed by atoms with Crippen molar-refractivity contribution in [2.24, 2.45) is 0 Å². The molecule has 2 amide bonds. The molecule has 0 aliphatic carbocycles. The number of carbonyl (C=O) groups excluding carboxylic acids is 2. The van der Waals surface area contributed by atoms with E-state index in [-0.39, 0.29) is 29.5 Å². The number of nitrogens with zero attached hydrogens (tertiary/aromatic N) is 4. The van der Waals surface area contributed by atoms with E-state index in [1.807, 2.05) is 6.92 Å². The fourth-order valence-electron chi connectivity index (χ4n) is 2.85. The van der Waals surface area contributed by atoms with Gasteiger partial charge in [-0.2, -0.15) is 0 Å². The number of non-ortho nitro benzene ring substituents is 1. The summed E-state index contributed by atoms with van der Waals surface area (Å²) in [6, 6.07) is 10.2. The first-order valence-electron chi connectivity index (χ1n) is 9.60. The van der Waals surface area contributed by atoms with Crippen LogP contribution in [-0.2, 0) is 17.9 Å². The molecule has 0 spiro atoms. The highest BCUT2D eigenvalue weighted by atomic mass is 35.5. The number of nitro groups is 1. The van der Waals surface area contributed by atoms with E-state index in [4.69, 9.17) is 23.2 Å². The van der Waals surface area contributed by atoms with Crippen molar-refractivity contribution in [3.05, 3.63) is 74.0 Å². The van der Waals surface area contributed by atoms with Crippen LogP contribution in [0.15, 0.2) is 47.6 Å². The van der Waals surface area contributed by atoms with Crippen LogP contribution in [0.2, 0.25) is 10.0 Å². The maximum atomic E-state index is 12.4. The van der Waals surface area contributed by atoms with Crippen molar-refractivity contribution in [2.75, 3.05) is 11.1 Å². The third kappa shape index (κ3) is 6.67. The second-order valence-electron chi connectivity index (χ2n) is 6.63. The topological polar surface area (TPSA) is 132 Å². The molecule has 3 rings (SSSR count). The van der Waals surface area contributed by atoms with Crippen molar-refractivity contribution in [3.8, 4) is 0 Å². The van der Waals surface area contributed by atoms with Crippen LogP contribution in [0.4, 0.5) is 11.4 Å². The van der Waals surface area contributed by atoms with Gasteiger partial charge < -0.3 is 15.2 Å². The lowest BCUT2D eigenvalue weighted by atomic mass is 10.2. The largest absolute Gasteiger partial charge is 0.345 e. The van der Waals surface area contributed by atoms with E-state index < -0.39 is 10.8 Å². The molecule has 0 radical (unpaired) electrons. The predicted molar refractivity (Wildman–Crippen MR) is 126 cm³/mol. The lowest BCUT2D eigenvalue weighted by molar-refractivity contribution is -0.384. The van der Waals surface area contributed by atoms with Gasteiger partial charge in [0.15, 0.2) is 11.0 Å². The number of nitro benzene ring substituents is 1. The molecule has 33 heavy (non-hydrogen) atoms. The van der Waals surface area contributed by atoms with Gasteiger partial charge in [0.1, 0.15) is 0 Å². The molecule has 0 bridgehead atoms.